The Morgan fingerprint density at radius 1 is 0.386 bits per heavy atom. The normalized spacial score (nSPS) is 13.4. The van der Waals surface area contributed by atoms with E-state index in [9.17, 15) is 14.4 Å². The minimum absolute atomic E-state index is 0.118. The lowest BCUT2D eigenvalue weighted by Gasteiger charge is -2.18. The predicted molar refractivity (Wildman–Crippen MR) is 242 cm³/mol. The molecule has 57 heavy (non-hydrogen) atoms. The Balaban J connectivity index is 4.56. The largest absolute Gasteiger partial charge is 0.462 e. The van der Waals surface area contributed by atoms with Crippen LogP contribution in [0.4, 0.5) is 0 Å². The fraction of sp³-hybridized carbons (Fsp3) is 0.510. The second kappa shape index (κ2) is 44.3. The van der Waals surface area contributed by atoms with E-state index >= 15 is 0 Å². The van der Waals surface area contributed by atoms with Gasteiger partial charge in [-0.25, -0.2) is 0 Å². The smallest absolute Gasteiger partial charge is 0.309 e. The first-order valence-corrected chi connectivity index (χ1v) is 21.8. The van der Waals surface area contributed by atoms with Crippen molar-refractivity contribution in [2.45, 2.75) is 155 Å². The van der Waals surface area contributed by atoms with E-state index in [0.29, 0.717) is 6.42 Å². The summed E-state index contributed by atoms with van der Waals surface area (Å²) < 4.78 is 16.5. The Hall–Kier alpha value is -4.45. The molecule has 0 N–H and O–H groups in total. The van der Waals surface area contributed by atoms with E-state index in [1.54, 1.807) is 6.08 Å². The molecule has 316 valence electrons. The van der Waals surface area contributed by atoms with Gasteiger partial charge in [-0.1, -0.05) is 193 Å². The molecule has 0 heterocycles. The van der Waals surface area contributed by atoms with Crippen LogP contribution < -0.4 is 0 Å². The minimum atomic E-state index is -0.838. The molecule has 0 aliphatic heterocycles. The van der Waals surface area contributed by atoms with E-state index < -0.39 is 12.1 Å². The van der Waals surface area contributed by atoms with Gasteiger partial charge in [-0.2, -0.15) is 0 Å². The number of allylic oxidation sites excluding steroid dienone is 21. The number of hydrogen-bond donors (Lipinski definition) is 0. The van der Waals surface area contributed by atoms with Crippen LogP contribution in [0.2, 0.25) is 0 Å². The maximum absolute atomic E-state index is 12.7. The molecule has 6 nitrogen and oxygen atoms in total. The maximum atomic E-state index is 12.7. The van der Waals surface area contributed by atoms with Gasteiger partial charge in [0.1, 0.15) is 13.2 Å². The molecule has 6 heteroatoms. The third kappa shape index (κ3) is 42.5. The SMILES string of the molecule is CC\C=C/C=C\C=C/C=C\CCCCCCCC(=O)OCC(COC(=O)C/C=C\C/C=C\C/C=C\CC)OC(=O)CCCCCCC\C=C/C=C\C=C/C=C\CC. The molecule has 0 rings (SSSR count). The van der Waals surface area contributed by atoms with Crippen molar-refractivity contribution in [3.05, 3.63) is 134 Å². The quantitative estimate of drug-likeness (QED) is 0.0207. The van der Waals surface area contributed by atoms with Crippen LogP contribution in [-0.4, -0.2) is 37.2 Å². The van der Waals surface area contributed by atoms with Crippen molar-refractivity contribution in [2.75, 3.05) is 13.2 Å². The lowest BCUT2D eigenvalue weighted by atomic mass is 10.1. The molecule has 0 saturated heterocycles. The zero-order valence-electron chi connectivity index (χ0n) is 35.8. The summed E-state index contributed by atoms with van der Waals surface area (Å²) in [6, 6.07) is 0. The van der Waals surface area contributed by atoms with Gasteiger partial charge in [0.05, 0.1) is 6.42 Å². The number of esters is 3. The average molecular weight is 785 g/mol. The summed E-state index contributed by atoms with van der Waals surface area (Å²) in [6.45, 7) is 6.06. The summed E-state index contributed by atoms with van der Waals surface area (Å²) >= 11 is 0. The molecule has 0 radical (unpaired) electrons. The number of hydrogen-bond acceptors (Lipinski definition) is 6. The second-order valence-corrected chi connectivity index (χ2v) is 13.7. The lowest BCUT2D eigenvalue weighted by molar-refractivity contribution is -0.166. The average Bonchev–Trinajstić information content (AvgIpc) is 3.21. The van der Waals surface area contributed by atoms with Gasteiger partial charge in [0.25, 0.3) is 0 Å². The highest BCUT2D eigenvalue weighted by Crippen LogP contribution is 2.11. The van der Waals surface area contributed by atoms with Gasteiger partial charge in [-0.3, -0.25) is 14.4 Å². The molecule has 0 aliphatic carbocycles. The Morgan fingerprint density at radius 3 is 1.28 bits per heavy atom. The molecule has 0 aliphatic rings. The number of carbonyl (C=O) groups is 3. The van der Waals surface area contributed by atoms with Gasteiger partial charge >= 0.3 is 17.9 Å². The first-order valence-electron chi connectivity index (χ1n) is 21.8. The van der Waals surface area contributed by atoms with E-state index in [0.717, 1.165) is 109 Å². The van der Waals surface area contributed by atoms with Crippen molar-refractivity contribution >= 4 is 17.9 Å². The molecule has 0 aromatic rings. The first-order chi connectivity index (χ1) is 28.0. The van der Waals surface area contributed by atoms with Crippen LogP contribution in [0.15, 0.2) is 134 Å². The highest BCUT2D eigenvalue weighted by atomic mass is 16.6. The molecule has 0 amide bonds. The van der Waals surface area contributed by atoms with E-state index in [-0.39, 0.29) is 38.0 Å². The molecule has 0 saturated carbocycles. The zero-order valence-corrected chi connectivity index (χ0v) is 35.8. The molecule has 1 atom stereocenters. The van der Waals surface area contributed by atoms with Crippen molar-refractivity contribution in [3.8, 4) is 0 Å². The predicted octanol–water partition coefficient (Wildman–Crippen LogP) is 14.0. The molecule has 0 aromatic carbocycles. The molecular weight excluding hydrogens is 709 g/mol. The summed E-state index contributed by atoms with van der Waals surface area (Å²) in [5.41, 5.74) is 0. The fourth-order valence-corrected chi connectivity index (χ4v) is 5.17. The van der Waals surface area contributed by atoms with E-state index in [4.69, 9.17) is 14.2 Å². The summed E-state index contributed by atoms with van der Waals surface area (Å²) in [5.74, 6) is -1.13. The molecule has 0 bridgehead atoms. The Bertz CT molecular complexity index is 1320. The summed E-state index contributed by atoms with van der Waals surface area (Å²) in [4.78, 5) is 37.6. The third-order valence-electron chi connectivity index (χ3n) is 8.35. The zero-order chi connectivity index (χ0) is 41.5. The number of carbonyl (C=O) groups excluding carboxylic acids is 3. The summed E-state index contributed by atoms with van der Waals surface area (Å²) in [7, 11) is 0. The first kappa shape index (κ1) is 52.6. The lowest BCUT2D eigenvalue weighted by Crippen LogP contribution is -2.30. The topological polar surface area (TPSA) is 78.9 Å². The number of rotatable bonds is 36. The van der Waals surface area contributed by atoms with Crippen molar-refractivity contribution in [2.24, 2.45) is 0 Å². The molecule has 0 aromatic heterocycles. The summed E-state index contributed by atoms with van der Waals surface area (Å²) in [6.07, 6.45) is 61.8. The van der Waals surface area contributed by atoms with Gasteiger partial charge in [0.15, 0.2) is 6.10 Å². The van der Waals surface area contributed by atoms with Crippen LogP contribution in [-0.2, 0) is 28.6 Å². The standard InChI is InChI=1S/C51H76O6/c1-4-7-10-13-16-19-21-23-25-27-29-32-35-38-41-44-50(53)56-47-48(46-55-49(52)43-40-37-34-31-18-15-12-9-6-3)57-51(54)45-42-39-36-33-30-28-26-24-22-20-17-14-11-8-5-2/h7-14,16-26,31,37,40,48H,4-6,15,27-30,32-36,38-39,41-47H2,1-3H3/b10-7-,11-8-,12-9-,16-13-,17-14-,21-19-,22-20-,25-23-,26-24-,31-18-,40-37-. The monoisotopic (exact) mass is 785 g/mol. The summed E-state index contributed by atoms with van der Waals surface area (Å²) in [5, 5.41) is 0. The van der Waals surface area contributed by atoms with Crippen LogP contribution in [0.5, 0.6) is 0 Å². The van der Waals surface area contributed by atoms with Gasteiger partial charge in [-0.15, -0.1) is 0 Å². The van der Waals surface area contributed by atoms with Crippen LogP contribution in [0.3, 0.4) is 0 Å². The fourth-order valence-electron chi connectivity index (χ4n) is 5.17. The second-order valence-electron chi connectivity index (χ2n) is 13.7. The minimum Gasteiger partial charge on any atom is -0.462 e. The molecule has 0 spiro atoms. The van der Waals surface area contributed by atoms with E-state index in [1.165, 1.54) is 0 Å². The Morgan fingerprint density at radius 2 is 0.772 bits per heavy atom. The van der Waals surface area contributed by atoms with Gasteiger partial charge in [0, 0.05) is 12.8 Å². The Labute approximate surface area is 347 Å². The van der Waals surface area contributed by atoms with Crippen molar-refractivity contribution in [1.82, 2.24) is 0 Å². The van der Waals surface area contributed by atoms with Crippen LogP contribution in [0, 0.1) is 0 Å². The van der Waals surface area contributed by atoms with Gasteiger partial charge in [0.2, 0.25) is 0 Å². The van der Waals surface area contributed by atoms with Gasteiger partial charge < -0.3 is 14.2 Å². The van der Waals surface area contributed by atoms with Crippen molar-refractivity contribution in [1.29, 1.82) is 0 Å². The van der Waals surface area contributed by atoms with Crippen LogP contribution >= 0.6 is 0 Å². The van der Waals surface area contributed by atoms with Crippen LogP contribution in [0.1, 0.15) is 149 Å². The van der Waals surface area contributed by atoms with Gasteiger partial charge in [-0.05, 0) is 70.6 Å². The Kier molecular flexibility index (Phi) is 40.8. The van der Waals surface area contributed by atoms with E-state index in [1.807, 2.05) is 60.8 Å². The molecular formula is C51H76O6. The van der Waals surface area contributed by atoms with Crippen molar-refractivity contribution in [3.63, 3.8) is 0 Å². The highest BCUT2D eigenvalue weighted by molar-refractivity contribution is 5.72. The number of ether oxygens (including phenoxy) is 3. The van der Waals surface area contributed by atoms with E-state index in [2.05, 4.69) is 87.6 Å². The van der Waals surface area contributed by atoms with Crippen LogP contribution in [0.25, 0.3) is 0 Å². The third-order valence-corrected chi connectivity index (χ3v) is 8.35. The highest BCUT2D eigenvalue weighted by Gasteiger charge is 2.19. The molecule has 1 unspecified atom stereocenters. The maximum Gasteiger partial charge on any atom is 0.309 e. The van der Waals surface area contributed by atoms with Crippen molar-refractivity contribution < 1.29 is 28.6 Å². The number of unbranched alkanes of at least 4 members (excludes halogenated alkanes) is 10. The molecule has 0 fully saturated rings.